The Bertz CT molecular complexity index is 1020. The molecular formula is C27H33ClN2O4. The number of benzene rings is 2. The fraction of sp³-hybridized carbons (Fsp3) is 0.481. The summed E-state index contributed by atoms with van der Waals surface area (Å²) in [6.07, 6.45) is 4.71. The highest BCUT2D eigenvalue weighted by molar-refractivity contribution is 6.30. The van der Waals surface area contributed by atoms with E-state index in [1.807, 2.05) is 41.3 Å². The summed E-state index contributed by atoms with van der Waals surface area (Å²) >= 11 is 6.02. The van der Waals surface area contributed by atoms with E-state index in [1.165, 1.54) is 0 Å². The van der Waals surface area contributed by atoms with Gasteiger partial charge < -0.3 is 19.3 Å². The molecule has 0 bridgehead atoms. The molecule has 1 aliphatic heterocycles. The largest absolute Gasteiger partial charge is 0.493 e. The number of carbonyl (C=O) groups is 2. The third kappa shape index (κ3) is 5.17. The van der Waals surface area contributed by atoms with Gasteiger partial charge in [0.15, 0.2) is 11.5 Å². The molecule has 1 aliphatic carbocycles. The van der Waals surface area contributed by atoms with E-state index in [0.717, 1.165) is 36.8 Å². The minimum Gasteiger partial charge on any atom is -0.493 e. The van der Waals surface area contributed by atoms with Crippen LogP contribution in [0.15, 0.2) is 42.5 Å². The molecule has 2 aromatic rings. The van der Waals surface area contributed by atoms with Crippen LogP contribution in [-0.4, -0.2) is 55.0 Å². The molecule has 1 atom stereocenters. The summed E-state index contributed by atoms with van der Waals surface area (Å²) in [5, 5.41) is 0.675. The van der Waals surface area contributed by atoms with Crippen LogP contribution in [0.5, 0.6) is 11.5 Å². The van der Waals surface area contributed by atoms with Crippen LogP contribution < -0.4 is 9.47 Å². The van der Waals surface area contributed by atoms with Gasteiger partial charge in [-0.1, -0.05) is 36.7 Å². The predicted octanol–water partition coefficient (Wildman–Crippen LogP) is 4.89. The van der Waals surface area contributed by atoms with E-state index < -0.39 is 6.04 Å². The number of nitrogens with zero attached hydrogens (tertiary/aromatic N) is 2. The van der Waals surface area contributed by atoms with E-state index in [-0.39, 0.29) is 24.4 Å². The highest BCUT2D eigenvalue weighted by Gasteiger charge is 2.43. The Balaban J connectivity index is 1.64. The van der Waals surface area contributed by atoms with Crippen molar-refractivity contribution in [2.75, 3.05) is 27.3 Å². The van der Waals surface area contributed by atoms with Crippen molar-refractivity contribution >= 4 is 23.4 Å². The molecule has 2 amide bonds. The van der Waals surface area contributed by atoms with Crippen molar-refractivity contribution < 1.29 is 19.1 Å². The number of methoxy groups -OCH3 is 2. The first-order valence-electron chi connectivity index (χ1n) is 12.0. The normalized spacial score (nSPS) is 23.2. The van der Waals surface area contributed by atoms with Gasteiger partial charge >= 0.3 is 0 Å². The molecule has 2 aromatic carbocycles. The van der Waals surface area contributed by atoms with Gasteiger partial charge in [-0.3, -0.25) is 9.59 Å². The minimum atomic E-state index is -0.687. The molecule has 1 saturated carbocycles. The van der Waals surface area contributed by atoms with Crippen molar-refractivity contribution in [1.82, 2.24) is 9.80 Å². The lowest BCUT2D eigenvalue weighted by molar-refractivity contribution is -0.159. The van der Waals surface area contributed by atoms with Crippen molar-refractivity contribution in [3.8, 4) is 11.5 Å². The highest BCUT2D eigenvalue weighted by atomic mass is 35.5. The second kappa shape index (κ2) is 10.7. The predicted molar refractivity (Wildman–Crippen MR) is 132 cm³/mol. The van der Waals surface area contributed by atoms with Crippen LogP contribution >= 0.6 is 11.6 Å². The zero-order chi connectivity index (χ0) is 24.2. The topological polar surface area (TPSA) is 59.1 Å². The number of rotatable bonds is 7. The summed E-state index contributed by atoms with van der Waals surface area (Å²) in [5.74, 6) is 1.77. The Morgan fingerprint density at radius 1 is 0.941 bits per heavy atom. The first-order valence-corrected chi connectivity index (χ1v) is 12.4. The number of ether oxygens (including phenoxy) is 2. The molecule has 0 spiro atoms. The van der Waals surface area contributed by atoms with E-state index in [9.17, 15) is 9.59 Å². The minimum absolute atomic E-state index is 0.0116. The second-order valence-corrected chi connectivity index (χ2v) is 9.80. The third-order valence-corrected chi connectivity index (χ3v) is 7.41. The average molecular weight is 485 g/mol. The van der Waals surface area contributed by atoms with Gasteiger partial charge in [0.25, 0.3) is 5.91 Å². The zero-order valence-electron chi connectivity index (χ0n) is 20.1. The van der Waals surface area contributed by atoms with Crippen molar-refractivity contribution in [2.45, 2.75) is 51.1 Å². The van der Waals surface area contributed by atoms with Crippen molar-refractivity contribution in [1.29, 1.82) is 0 Å². The summed E-state index contributed by atoms with van der Waals surface area (Å²) in [6.45, 7) is 2.84. The van der Waals surface area contributed by atoms with Gasteiger partial charge in [-0.15, -0.1) is 0 Å². The first kappa shape index (κ1) is 24.4. The molecule has 1 unspecified atom stereocenters. The molecule has 0 aromatic heterocycles. The molecule has 34 heavy (non-hydrogen) atoms. The lowest BCUT2D eigenvalue weighted by Crippen LogP contribution is -2.59. The van der Waals surface area contributed by atoms with Crippen LogP contribution in [0, 0.1) is 5.92 Å². The second-order valence-electron chi connectivity index (χ2n) is 9.36. The maximum Gasteiger partial charge on any atom is 0.250 e. The van der Waals surface area contributed by atoms with Crippen LogP contribution in [-0.2, 0) is 16.0 Å². The summed E-state index contributed by atoms with van der Waals surface area (Å²) in [4.78, 5) is 30.9. The van der Waals surface area contributed by atoms with Gasteiger partial charge in [-0.25, -0.2) is 0 Å². The SMILES string of the molecule is COc1ccc(C2C(=O)N(C3CCC(C)CC3)CC(=O)N2CCc2ccc(Cl)cc2)cc1OC. The van der Waals surface area contributed by atoms with E-state index in [1.54, 1.807) is 25.2 Å². The van der Waals surface area contributed by atoms with Gasteiger partial charge in [0.1, 0.15) is 12.6 Å². The van der Waals surface area contributed by atoms with Gasteiger partial charge in [-0.05, 0) is 73.4 Å². The fourth-order valence-electron chi connectivity index (χ4n) is 5.11. The van der Waals surface area contributed by atoms with Gasteiger partial charge in [-0.2, -0.15) is 0 Å². The standard InChI is InChI=1S/C27H33ClN2O4/c1-18-4-11-22(12-5-18)30-17-25(31)29(15-14-19-6-9-21(28)10-7-19)26(27(30)32)20-8-13-23(33-2)24(16-20)34-3/h6-10,13,16,18,22,26H,4-5,11-12,14-15,17H2,1-3H3. The van der Waals surface area contributed by atoms with Gasteiger partial charge in [0.2, 0.25) is 5.91 Å². The van der Waals surface area contributed by atoms with Gasteiger partial charge in [0.05, 0.1) is 14.2 Å². The van der Waals surface area contributed by atoms with Crippen LogP contribution in [0.3, 0.4) is 0 Å². The quantitative estimate of drug-likeness (QED) is 0.561. The van der Waals surface area contributed by atoms with E-state index in [2.05, 4.69) is 6.92 Å². The zero-order valence-corrected chi connectivity index (χ0v) is 20.9. The summed E-state index contributed by atoms with van der Waals surface area (Å²) in [7, 11) is 3.15. The molecule has 2 fully saturated rings. The lowest BCUT2D eigenvalue weighted by Gasteiger charge is -2.45. The Labute approximate surface area is 206 Å². The Kier molecular flexibility index (Phi) is 7.67. The van der Waals surface area contributed by atoms with Crippen LogP contribution in [0.4, 0.5) is 0 Å². The van der Waals surface area contributed by atoms with E-state index in [0.29, 0.717) is 35.4 Å². The van der Waals surface area contributed by atoms with Crippen molar-refractivity contribution in [3.05, 3.63) is 58.6 Å². The number of hydrogen-bond acceptors (Lipinski definition) is 4. The van der Waals surface area contributed by atoms with Crippen LogP contribution in [0.2, 0.25) is 5.02 Å². The number of hydrogen-bond donors (Lipinski definition) is 0. The molecule has 7 heteroatoms. The highest BCUT2D eigenvalue weighted by Crippen LogP contribution is 2.37. The van der Waals surface area contributed by atoms with Crippen LogP contribution in [0.25, 0.3) is 0 Å². The molecular weight excluding hydrogens is 452 g/mol. The third-order valence-electron chi connectivity index (χ3n) is 7.16. The molecule has 6 nitrogen and oxygen atoms in total. The molecule has 4 rings (SSSR count). The molecule has 1 saturated heterocycles. The Morgan fingerprint density at radius 3 is 2.26 bits per heavy atom. The molecule has 2 aliphatic rings. The summed E-state index contributed by atoms with van der Waals surface area (Å²) in [6, 6.07) is 12.5. The molecule has 1 heterocycles. The fourth-order valence-corrected chi connectivity index (χ4v) is 5.24. The smallest absolute Gasteiger partial charge is 0.250 e. The number of piperazine rings is 1. The van der Waals surface area contributed by atoms with Crippen molar-refractivity contribution in [2.24, 2.45) is 5.92 Å². The molecule has 182 valence electrons. The van der Waals surface area contributed by atoms with E-state index >= 15 is 0 Å². The molecule has 0 N–H and O–H groups in total. The monoisotopic (exact) mass is 484 g/mol. The van der Waals surface area contributed by atoms with E-state index in [4.69, 9.17) is 21.1 Å². The van der Waals surface area contributed by atoms with Gasteiger partial charge in [0, 0.05) is 17.6 Å². The summed E-state index contributed by atoms with van der Waals surface area (Å²) < 4.78 is 10.9. The summed E-state index contributed by atoms with van der Waals surface area (Å²) in [5.41, 5.74) is 1.81. The number of amides is 2. The maximum absolute atomic E-state index is 13.9. The number of carbonyl (C=O) groups excluding carboxylic acids is 2. The molecule has 0 radical (unpaired) electrons. The average Bonchev–Trinajstić information content (AvgIpc) is 2.85. The first-order chi connectivity index (χ1) is 16.4. The number of halogens is 1. The van der Waals surface area contributed by atoms with Crippen LogP contribution in [0.1, 0.15) is 49.8 Å². The maximum atomic E-state index is 13.9. The van der Waals surface area contributed by atoms with Crippen molar-refractivity contribution in [3.63, 3.8) is 0 Å². The Morgan fingerprint density at radius 2 is 1.62 bits per heavy atom. The Hall–Kier alpha value is -2.73. The lowest BCUT2D eigenvalue weighted by atomic mass is 9.85.